The number of halogens is 1. The van der Waals surface area contributed by atoms with Gasteiger partial charge in [-0.3, -0.25) is 0 Å². The highest BCUT2D eigenvalue weighted by Crippen LogP contribution is 2.33. The van der Waals surface area contributed by atoms with Crippen molar-refractivity contribution in [3.05, 3.63) is 47.4 Å². The fourth-order valence-corrected chi connectivity index (χ4v) is 4.36. The van der Waals surface area contributed by atoms with Gasteiger partial charge in [-0.2, -0.15) is 0 Å². The van der Waals surface area contributed by atoms with Crippen molar-refractivity contribution in [3.8, 4) is 11.3 Å². The van der Waals surface area contributed by atoms with Crippen molar-refractivity contribution in [1.82, 2.24) is 9.97 Å². The minimum atomic E-state index is -3.63. The third kappa shape index (κ3) is 6.86. The Hall–Kier alpha value is -2.89. The Bertz CT molecular complexity index is 1250. The van der Waals surface area contributed by atoms with E-state index >= 15 is 0 Å². The summed E-state index contributed by atoms with van der Waals surface area (Å²) in [6.07, 6.45) is 3.60. The summed E-state index contributed by atoms with van der Waals surface area (Å²) in [4.78, 5) is 20.2. The number of anilines is 1. The number of nitrogens with zero attached hydrogens (tertiary/aromatic N) is 3. The summed E-state index contributed by atoms with van der Waals surface area (Å²) in [7, 11) is -2.26. The van der Waals surface area contributed by atoms with Gasteiger partial charge in [0.05, 0.1) is 29.9 Å². The predicted molar refractivity (Wildman–Crippen MR) is 132 cm³/mol. The number of hydrogen-bond acceptors (Lipinski definition) is 8. The topological polar surface area (TPSA) is 122 Å². The van der Waals surface area contributed by atoms with Crippen LogP contribution in [-0.2, 0) is 24.3 Å². The van der Waals surface area contributed by atoms with Gasteiger partial charge < -0.3 is 19.4 Å². The largest absolute Gasteiger partial charge is 0.550 e. The Labute approximate surface area is 211 Å². The van der Waals surface area contributed by atoms with E-state index in [-0.39, 0.29) is 18.3 Å². The van der Waals surface area contributed by atoms with Gasteiger partial charge in [0.15, 0.2) is 5.79 Å². The Morgan fingerprint density at radius 2 is 1.89 bits per heavy atom. The van der Waals surface area contributed by atoms with E-state index in [1.807, 2.05) is 13.8 Å². The molecule has 0 bridgehead atoms. The van der Waals surface area contributed by atoms with Gasteiger partial charge in [0.25, 0.3) is 0 Å². The number of hydrogen-bond donors (Lipinski definition) is 0. The number of rotatable bonds is 8. The van der Waals surface area contributed by atoms with E-state index in [9.17, 15) is 22.7 Å². The van der Waals surface area contributed by atoms with Crippen LogP contribution in [0, 0.1) is 5.82 Å². The molecule has 0 unspecified atom stereocenters. The summed E-state index contributed by atoms with van der Waals surface area (Å²) in [5.74, 6) is -2.75. The first-order valence-electron chi connectivity index (χ1n) is 11.5. The van der Waals surface area contributed by atoms with Crippen LogP contribution < -0.4 is 9.41 Å². The first kappa shape index (κ1) is 27.7. The third-order valence-corrected chi connectivity index (χ3v) is 6.82. The fourth-order valence-electron chi connectivity index (χ4n) is 3.98. The van der Waals surface area contributed by atoms with Gasteiger partial charge in [-0.1, -0.05) is 26.0 Å². The summed E-state index contributed by atoms with van der Waals surface area (Å²) in [6, 6.07) is 5.73. The summed E-state index contributed by atoms with van der Waals surface area (Å²) in [5.41, 5.74) is 2.20. The summed E-state index contributed by atoms with van der Waals surface area (Å²) in [6.45, 7) is 7.25. The maximum Gasteiger partial charge on any atom is 0.239 e. The average Bonchev–Trinajstić information content (AvgIpc) is 2.75. The minimum absolute atomic E-state index is 0.00449. The van der Waals surface area contributed by atoms with Crippen molar-refractivity contribution < 1.29 is 32.2 Å². The lowest BCUT2D eigenvalue weighted by Gasteiger charge is -2.40. The number of benzene rings is 1. The molecule has 11 heteroatoms. The van der Waals surface area contributed by atoms with Crippen molar-refractivity contribution >= 4 is 28.0 Å². The molecule has 2 heterocycles. The number of carboxylic acids is 1. The summed E-state index contributed by atoms with van der Waals surface area (Å²) < 4.78 is 50.7. The lowest BCUT2D eigenvalue weighted by molar-refractivity contribution is -0.320. The van der Waals surface area contributed by atoms with E-state index in [1.54, 1.807) is 38.1 Å². The highest BCUT2D eigenvalue weighted by molar-refractivity contribution is 7.92. The standard InChI is InChI=1S/C25H32FN3O6S/c1-15(2)22-20(12-11-18-13-19(14-21(30)31)35-25(3,4)34-18)23(16-7-9-17(26)10-8-16)28-24(27-22)29(5)36(6,32)33/h7-12,15,18-19H,13-14H2,1-6H3,(H,30,31)/p-1/b12-11+/t18-,19-/m1/s1. The van der Waals surface area contributed by atoms with Crippen molar-refractivity contribution in [2.24, 2.45) is 0 Å². The first-order valence-corrected chi connectivity index (χ1v) is 13.4. The van der Waals surface area contributed by atoms with Gasteiger partial charge in [-0.25, -0.2) is 27.1 Å². The summed E-state index contributed by atoms with van der Waals surface area (Å²) in [5, 5.41) is 11.1. The highest BCUT2D eigenvalue weighted by atomic mass is 32.2. The Balaban J connectivity index is 2.13. The lowest BCUT2D eigenvalue weighted by atomic mass is 9.97. The van der Waals surface area contributed by atoms with Crippen LogP contribution >= 0.6 is 0 Å². The van der Waals surface area contributed by atoms with E-state index in [4.69, 9.17) is 9.47 Å². The second kappa shape index (κ2) is 10.6. The number of sulfonamides is 1. The molecule has 0 spiro atoms. The number of ether oxygens (including phenoxy) is 2. The maximum atomic E-state index is 13.7. The second-order valence-corrected chi connectivity index (χ2v) is 11.5. The van der Waals surface area contributed by atoms with Crippen LogP contribution in [0.2, 0.25) is 0 Å². The Morgan fingerprint density at radius 3 is 2.44 bits per heavy atom. The molecule has 1 fully saturated rings. The van der Waals surface area contributed by atoms with E-state index in [0.29, 0.717) is 28.9 Å². The Kier molecular flexibility index (Phi) is 8.17. The molecule has 0 N–H and O–H groups in total. The average molecular weight is 521 g/mol. The minimum Gasteiger partial charge on any atom is -0.550 e. The molecule has 36 heavy (non-hydrogen) atoms. The van der Waals surface area contributed by atoms with Crippen molar-refractivity contribution in [2.45, 2.75) is 64.4 Å². The van der Waals surface area contributed by atoms with Crippen LogP contribution in [-0.4, -0.2) is 55.7 Å². The van der Waals surface area contributed by atoms with Gasteiger partial charge >= 0.3 is 0 Å². The second-order valence-electron chi connectivity index (χ2n) is 9.53. The van der Waals surface area contributed by atoms with Gasteiger partial charge in [0.2, 0.25) is 16.0 Å². The van der Waals surface area contributed by atoms with Crippen molar-refractivity contribution in [1.29, 1.82) is 0 Å². The molecule has 1 saturated heterocycles. The first-order chi connectivity index (χ1) is 16.7. The molecular weight excluding hydrogens is 489 g/mol. The van der Waals surface area contributed by atoms with E-state index < -0.39 is 39.8 Å². The van der Waals surface area contributed by atoms with Crippen molar-refractivity contribution in [3.63, 3.8) is 0 Å². The SMILES string of the molecule is CC(C)c1nc(N(C)S(C)(=O)=O)nc(-c2ccc(F)cc2)c1/C=C/[C@@H]1C[C@H](CC(=O)[O-])OC(C)(C)O1. The molecule has 3 rings (SSSR count). The zero-order valence-electron chi connectivity index (χ0n) is 21.2. The fraction of sp³-hybridized carbons (Fsp3) is 0.480. The van der Waals surface area contributed by atoms with E-state index in [2.05, 4.69) is 9.97 Å². The quantitative estimate of drug-likeness (QED) is 0.521. The number of carbonyl (C=O) groups is 1. The highest BCUT2D eigenvalue weighted by Gasteiger charge is 2.34. The van der Waals surface area contributed by atoms with Crippen LogP contribution in [0.3, 0.4) is 0 Å². The maximum absolute atomic E-state index is 13.7. The molecular formula is C25H31FN3O6S-. The van der Waals surface area contributed by atoms with Crippen LogP contribution in [0.15, 0.2) is 30.3 Å². The van der Waals surface area contributed by atoms with Crippen LogP contribution in [0.25, 0.3) is 17.3 Å². The smallest absolute Gasteiger partial charge is 0.239 e. The third-order valence-electron chi connectivity index (χ3n) is 5.66. The Morgan fingerprint density at radius 1 is 1.25 bits per heavy atom. The number of aliphatic carboxylic acids is 1. The number of aromatic nitrogens is 2. The van der Waals surface area contributed by atoms with Gasteiger partial charge in [0, 0.05) is 37.0 Å². The van der Waals surface area contributed by atoms with Gasteiger partial charge in [-0.05, 0) is 44.0 Å². The molecule has 0 saturated carbocycles. The van der Waals surface area contributed by atoms with E-state index in [1.165, 1.54) is 19.2 Å². The molecule has 196 valence electrons. The zero-order valence-corrected chi connectivity index (χ0v) is 22.0. The van der Waals surface area contributed by atoms with Crippen LogP contribution in [0.4, 0.5) is 10.3 Å². The zero-order chi connectivity index (χ0) is 26.8. The van der Waals surface area contributed by atoms with Gasteiger partial charge in [-0.15, -0.1) is 0 Å². The normalized spacial score (nSPS) is 20.1. The van der Waals surface area contributed by atoms with Gasteiger partial charge in [0.1, 0.15) is 5.82 Å². The number of carbonyl (C=O) groups excluding carboxylic acids is 1. The molecule has 2 atom stereocenters. The molecule has 0 amide bonds. The molecule has 1 aliphatic rings. The lowest BCUT2D eigenvalue weighted by Crippen LogP contribution is -2.45. The molecule has 0 radical (unpaired) electrons. The van der Waals surface area contributed by atoms with E-state index in [0.717, 1.165) is 10.6 Å². The van der Waals surface area contributed by atoms with Crippen LogP contribution in [0.5, 0.6) is 0 Å². The molecule has 1 aromatic heterocycles. The van der Waals surface area contributed by atoms with Crippen LogP contribution in [0.1, 0.15) is 57.7 Å². The molecule has 0 aliphatic carbocycles. The van der Waals surface area contributed by atoms with Crippen molar-refractivity contribution in [2.75, 3.05) is 17.6 Å². The summed E-state index contributed by atoms with van der Waals surface area (Å²) >= 11 is 0. The number of carboxylic acid groups (broad SMARTS) is 1. The molecule has 1 aromatic carbocycles. The molecule has 9 nitrogen and oxygen atoms in total. The molecule has 1 aliphatic heterocycles. The monoisotopic (exact) mass is 520 g/mol. The molecule has 2 aromatic rings. The predicted octanol–water partition coefficient (Wildman–Crippen LogP) is 2.87.